The number of allylic oxidation sites excluding steroid dienone is 10. The molecule has 1 saturated carbocycles. The maximum absolute atomic E-state index is 12.7. The van der Waals surface area contributed by atoms with Gasteiger partial charge in [-0.15, -0.1) is 0 Å². The average Bonchev–Trinajstić information content (AvgIpc) is 3.21. The second-order valence-corrected chi connectivity index (χ2v) is 16.5. The molecule has 1 atom stereocenters. The van der Waals surface area contributed by atoms with Crippen LogP contribution >= 0.6 is 0 Å². The Balaban J connectivity index is 1.61. The largest absolute Gasteiger partial charge is 0.465 e. The van der Waals surface area contributed by atoms with E-state index in [1.165, 1.54) is 64.2 Å². The fourth-order valence-corrected chi connectivity index (χ4v) is 7.43. The molecule has 8 nitrogen and oxygen atoms in total. The normalized spacial score (nSPS) is 16.2. The number of rotatable bonds is 35. The number of unbranched alkanes of at least 4 members (excludes halogenated alkanes) is 13. The van der Waals surface area contributed by atoms with Crippen molar-refractivity contribution in [2.75, 3.05) is 32.9 Å². The molecule has 58 heavy (non-hydrogen) atoms. The Morgan fingerprint density at radius 2 is 1.00 bits per heavy atom. The zero-order valence-electron chi connectivity index (χ0n) is 37.0. The van der Waals surface area contributed by atoms with Gasteiger partial charge in [0.25, 0.3) is 0 Å². The van der Waals surface area contributed by atoms with Crippen LogP contribution < -0.4 is 5.32 Å². The predicted molar refractivity (Wildman–Crippen MR) is 241 cm³/mol. The lowest BCUT2D eigenvalue weighted by Crippen LogP contribution is -2.62. The Kier molecular flexibility index (Phi) is 32.5. The highest BCUT2D eigenvalue weighted by Crippen LogP contribution is 2.26. The summed E-state index contributed by atoms with van der Waals surface area (Å²) in [4.78, 5) is 40.3. The molecule has 0 spiro atoms. The smallest absolute Gasteiger partial charge is 0.407 e. The van der Waals surface area contributed by atoms with Gasteiger partial charge in [-0.25, -0.2) is 4.79 Å². The van der Waals surface area contributed by atoms with E-state index < -0.39 is 12.0 Å². The van der Waals surface area contributed by atoms with Crippen LogP contribution in [-0.2, 0) is 23.8 Å². The number of hydrogen-bond acceptors (Lipinski definition) is 7. The summed E-state index contributed by atoms with van der Waals surface area (Å²) in [5.74, 6) is -0.930. The first-order valence-electron chi connectivity index (χ1n) is 23.7. The third kappa shape index (κ3) is 29.1. The molecule has 1 saturated heterocycles. The summed E-state index contributed by atoms with van der Waals surface area (Å²) >= 11 is 0. The van der Waals surface area contributed by atoms with Crippen molar-refractivity contribution in [2.24, 2.45) is 5.92 Å². The molecule has 1 N–H and O–H groups in total. The van der Waals surface area contributed by atoms with Gasteiger partial charge in [-0.1, -0.05) is 145 Å². The molecule has 0 bridgehead atoms. The van der Waals surface area contributed by atoms with Crippen LogP contribution in [0.1, 0.15) is 187 Å². The summed E-state index contributed by atoms with van der Waals surface area (Å²) in [5.41, 5.74) is 0. The number of esters is 2. The third-order valence-corrected chi connectivity index (χ3v) is 11.1. The zero-order chi connectivity index (χ0) is 41.6. The number of likely N-dealkylation sites (tertiary alicyclic amines) is 1. The minimum Gasteiger partial charge on any atom is -0.465 e. The van der Waals surface area contributed by atoms with E-state index in [1.54, 1.807) is 0 Å². The van der Waals surface area contributed by atoms with Crippen LogP contribution in [0.3, 0.4) is 0 Å². The lowest BCUT2D eigenvalue weighted by atomic mass is 9.91. The van der Waals surface area contributed by atoms with Gasteiger partial charge < -0.3 is 19.5 Å². The number of nitrogens with zero attached hydrogens (tertiary/aromatic N) is 1. The van der Waals surface area contributed by atoms with E-state index in [4.69, 9.17) is 14.2 Å². The average molecular weight is 809 g/mol. The second-order valence-electron chi connectivity index (χ2n) is 16.5. The number of alkyl carbamates (subject to hydrolysis) is 1. The summed E-state index contributed by atoms with van der Waals surface area (Å²) in [6.45, 7) is 6.24. The lowest BCUT2D eigenvalue weighted by Gasteiger charge is -2.45. The molecule has 1 aliphatic carbocycles. The summed E-state index contributed by atoms with van der Waals surface area (Å²) in [7, 11) is 0. The van der Waals surface area contributed by atoms with Crippen molar-refractivity contribution in [1.82, 2.24) is 10.2 Å². The minimum absolute atomic E-state index is 0.0240. The van der Waals surface area contributed by atoms with E-state index in [1.807, 2.05) is 0 Å². The van der Waals surface area contributed by atoms with Crippen molar-refractivity contribution in [3.8, 4) is 0 Å². The predicted octanol–water partition coefficient (Wildman–Crippen LogP) is 12.8. The molecule has 1 amide bonds. The second kappa shape index (κ2) is 36.9. The third-order valence-electron chi connectivity index (χ3n) is 11.1. The summed E-state index contributed by atoms with van der Waals surface area (Å²) < 4.78 is 16.8. The Morgan fingerprint density at radius 1 is 0.552 bits per heavy atom. The molecule has 2 rings (SSSR count). The number of amides is 1. The van der Waals surface area contributed by atoms with Gasteiger partial charge in [-0.2, -0.15) is 0 Å². The van der Waals surface area contributed by atoms with Crippen molar-refractivity contribution >= 4 is 18.0 Å². The number of carbonyl (C=O) groups is 3. The number of hydrogen-bond donors (Lipinski definition) is 1. The molecular formula is C50H84N2O6. The van der Waals surface area contributed by atoms with Gasteiger partial charge in [0.05, 0.1) is 12.0 Å². The topological polar surface area (TPSA) is 94.2 Å². The van der Waals surface area contributed by atoms with Crippen molar-refractivity contribution in [3.63, 3.8) is 0 Å². The summed E-state index contributed by atoms with van der Waals surface area (Å²) in [6, 6.07) is 0.735. The number of carbonyl (C=O) groups excluding carboxylic acids is 3. The first-order valence-corrected chi connectivity index (χ1v) is 23.7. The van der Waals surface area contributed by atoms with Crippen molar-refractivity contribution < 1.29 is 28.6 Å². The van der Waals surface area contributed by atoms with Crippen LogP contribution in [0.25, 0.3) is 0 Å². The van der Waals surface area contributed by atoms with Gasteiger partial charge in [-0.3, -0.25) is 14.5 Å². The highest BCUT2D eigenvalue weighted by molar-refractivity contribution is 5.70. The summed E-state index contributed by atoms with van der Waals surface area (Å²) in [5, 5.41) is 2.98. The van der Waals surface area contributed by atoms with Crippen LogP contribution in [0.5, 0.6) is 0 Å². The van der Waals surface area contributed by atoms with Crippen molar-refractivity contribution in [3.05, 3.63) is 60.8 Å². The lowest BCUT2D eigenvalue weighted by molar-refractivity contribution is -0.150. The molecule has 1 aliphatic heterocycles. The van der Waals surface area contributed by atoms with E-state index in [0.29, 0.717) is 18.9 Å². The number of ether oxygens (including phenoxy) is 3. The van der Waals surface area contributed by atoms with E-state index in [0.717, 1.165) is 109 Å². The van der Waals surface area contributed by atoms with E-state index in [2.05, 4.69) is 84.8 Å². The Morgan fingerprint density at radius 3 is 1.52 bits per heavy atom. The van der Waals surface area contributed by atoms with Gasteiger partial charge >= 0.3 is 18.0 Å². The standard InChI is InChI=1S/C50H84N2O6/c1-3-5-7-9-11-13-15-17-19-21-23-25-27-29-34-38-48(53)56-42-45(44-58-50(55)51-46-40-52(41-46)47-36-32-31-33-37-47)43-57-49(54)39-35-30-28-26-24-22-20-18-16-14-12-10-8-6-4-2/h5,7,11-14,17-20,45-47H,3-4,6,8-10,15-16,21-44H2,1-2H3,(H,51,55)/b7-5-,13-11-,14-12-,19-17-,20-18-. The quantitative estimate of drug-likeness (QED) is 0.0295. The maximum atomic E-state index is 12.7. The van der Waals surface area contributed by atoms with Gasteiger partial charge in [0.2, 0.25) is 0 Å². The molecule has 1 unspecified atom stereocenters. The fourth-order valence-electron chi connectivity index (χ4n) is 7.43. The van der Waals surface area contributed by atoms with Gasteiger partial charge in [0.1, 0.15) is 19.8 Å². The van der Waals surface area contributed by atoms with Gasteiger partial charge in [-0.05, 0) is 89.9 Å². The Labute approximate surface area is 354 Å². The Bertz CT molecular complexity index is 1180. The van der Waals surface area contributed by atoms with Crippen molar-refractivity contribution in [2.45, 2.75) is 199 Å². The highest BCUT2D eigenvalue weighted by Gasteiger charge is 2.34. The van der Waals surface area contributed by atoms with Crippen LogP contribution in [0.4, 0.5) is 4.79 Å². The molecular weight excluding hydrogens is 725 g/mol. The monoisotopic (exact) mass is 809 g/mol. The van der Waals surface area contributed by atoms with Crippen LogP contribution in [0.2, 0.25) is 0 Å². The zero-order valence-corrected chi connectivity index (χ0v) is 37.0. The first-order chi connectivity index (χ1) is 28.5. The minimum atomic E-state index is -0.469. The SMILES string of the molecule is CC/C=C\C/C=C\C/C=C\CCCCCCCC(=O)OCC(COC(=O)CCCCCCC/C=C\C/C=C\CCCCC)COC(=O)NC1CN(C2CCCCC2)C1. The van der Waals surface area contributed by atoms with E-state index in [-0.39, 0.29) is 37.8 Å². The number of nitrogens with one attached hydrogen (secondary N) is 1. The molecule has 2 aliphatic rings. The molecule has 0 radical (unpaired) electrons. The van der Waals surface area contributed by atoms with E-state index in [9.17, 15) is 14.4 Å². The highest BCUT2D eigenvalue weighted by atomic mass is 16.6. The molecule has 8 heteroatoms. The molecule has 0 aromatic rings. The van der Waals surface area contributed by atoms with Crippen LogP contribution in [0.15, 0.2) is 60.8 Å². The Hall–Kier alpha value is -3.13. The van der Waals surface area contributed by atoms with Gasteiger partial charge in [0, 0.05) is 32.0 Å². The fraction of sp³-hybridized carbons (Fsp3) is 0.740. The maximum Gasteiger partial charge on any atom is 0.407 e. The van der Waals surface area contributed by atoms with Crippen LogP contribution in [0, 0.1) is 5.92 Å². The molecule has 0 aromatic carbocycles. The van der Waals surface area contributed by atoms with Crippen LogP contribution in [-0.4, -0.2) is 67.9 Å². The molecule has 2 fully saturated rings. The first kappa shape index (κ1) is 51.0. The van der Waals surface area contributed by atoms with E-state index >= 15 is 0 Å². The van der Waals surface area contributed by atoms with Crippen molar-refractivity contribution in [1.29, 1.82) is 0 Å². The van der Waals surface area contributed by atoms with Gasteiger partial charge in [0.15, 0.2) is 0 Å². The molecule has 1 heterocycles. The molecule has 330 valence electrons. The molecule has 0 aromatic heterocycles. The summed E-state index contributed by atoms with van der Waals surface area (Å²) in [6.07, 6.45) is 50.9.